The van der Waals surface area contributed by atoms with Crippen LogP contribution in [0.3, 0.4) is 0 Å². The smallest absolute Gasteiger partial charge is 0.0991 e. The van der Waals surface area contributed by atoms with E-state index < -0.39 is 0 Å². The number of nitriles is 1. The van der Waals surface area contributed by atoms with Crippen molar-refractivity contribution in [2.75, 3.05) is 5.32 Å². The van der Waals surface area contributed by atoms with E-state index in [0.717, 1.165) is 17.8 Å². The van der Waals surface area contributed by atoms with Crippen LogP contribution in [0.5, 0.6) is 0 Å². The monoisotopic (exact) mass is 334 g/mol. The molecule has 17 heavy (non-hydrogen) atoms. The van der Waals surface area contributed by atoms with Crippen LogP contribution in [0.1, 0.15) is 11.1 Å². The lowest BCUT2D eigenvalue weighted by atomic mass is 10.1. The molecule has 1 N–H and O–H groups in total. The first-order valence-corrected chi connectivity index (χ1v) is 6.34. The molecule has 0 spiro atoms. The van der Waals surface area contributed by atoms with Crippen molar-refractivity contribution in [2.45, 2.75) is 6.54 Å². The summed E-state index contributed by atoms with van der Waals surface area (Å²) in [5.74, 6) is 0. The first-order valence-electron chi connectivity index (χ1n) is 5.26. The Hall–Kier alpha value is -1.54. The first-order chi connectivity index (χ1) is 8.28. The van der Waals surface area contributed by atoms with Gasteiger partial charge in [0, 0.05) is 15.8 Å². The molecule has 0 aromatic heterocycles. The van der Waals surface area contributed by atoms with Gasteiger partial charge in [0.05, 0.1) is 11.6 Å². The summed E-state index contributed by atoms with van der Waals surface area (Å²) in [6, 6.07) is 18.0. The molecule has 0 unspecified atom stereocenters. The van der Waals surface area contributed by atoms with Crippen LogP contribution >= 0.6 is 22.6 Å². The van der Waals surface area contributed by atoms with Gasteiger partial charge in [-0.3, -0.25) is 0 Å². The molecule has 0 aliphatic carbocycles. The summed E-state index contributed by atoms with van der Waals surface area (Å²) < 4.78 is 1.21. The van der Waals surface area contributed by atoms with E-state index in [1.807, 2.05) is 36.4 Å². The quantitative estimate of drug-likeness (QED) is 0.868. The highest BCUT2D eigenvalue weighted by Gasteiger charge is 1.96. The second-order valence-electron chi connectivity index (χ2n) is 3.68. The third kappa shape index (κ3) is 3.46. The van der Waals surface area contributed by atoms with E-state index in [1.165, 1.54) is 3.57 Å². The number of benzene rings is 2. The maximum atomic E-state index is 8.81. The minimum absolute atomic E-state index is 0.701. The van der Waals surface area contributed by atoms with Gasteiger partial charge in [0.15, 0.2) is 0 Å². The molecule has 0 amide bonds. The number of hydrogen-bond donors (Lipinski definition) is 1. The SMILES string of the molecule is N#Cc1cccc(CNc2cccc(I)c2)c1. The molecule has 2 nitrogen and oxygen atoms in total. The highest BCUT2D eigenvalue weighted by molar-refractivity contribution is 14.1. The minimum Gasteiger partial charge on any atom is -0.381 e. The third-order valence-electron chi connectivity index (χ3n) is 2.38. The molecule has 0 aliphatic heterocycles. The minimum atomic E-state index is 0.701. The molecule has 3 heteroatoms. The molecule has 0 saturated carbocycles. The fourth-order valence-corrected chi connectivity index (χ4v) is 2.10. The van der Waals surface area contributed by atoms with Crippen LogP contribution in [0, 0.1) is 14.9 Å². The van der Waals surface area contributed by atoms with Gasteiger partial charge in [0.1, 0.15) is 0 Å². The van der Waals surface area contributed by atoms with Crippen LogP contribution in [0.2, 0.25) is 0 Å². The highest BCUT2D eigenvalue weighted by atomic mass is 127. The van der Waals surface area contributed by atoms with Crippen molar-refractivity contribution in [3.05, 3.63) is 63.2 Å². The van der Waals surface area contributed by atoms with Crippen molar-refractivity contribution >= 4 is 28.3 Å². The summed E-state index contributed by atoms with van der Waals surface area (Å²) in [5, 5.41) is 12.2. The molecule has 2 aromatic rings. The van der Waals surface area contributed by atoms with Crippen LogP contribution in [0.4, 0.5) is 5.69 Å². The average Bonchev–Trinajstić information content (AvgIpc) is 2.37. The normalized spacial score (nSPS) is 9.65. The van der Waals surface area contributed by atoms with Gasteiger partial charge >= 0.3 is 0 Å². The van der Waals surface area contributed by atoms with Gasteiger partial charge in [-0.05, 0) is 58.5 Å². The van der Waals surface area contributed by atoms with Crippen molar-refractivity contribution in [3.63, 3.8) is 0 Å². The number of anilines is 1. The Kier molecular flexibility index (Phi) is 3.99. The molecule has 0 atom stereocenters. The molecule has 0 aliphatic rings. The topological polar surface area (TPSA) is 35.8 Å². The number of nitrogens with zero attached hydrogens (tertiary/aromatic N) is 1. The van der Waals surface area contributed by atoms with E-state index >= 15 is 0 Å². The number of nitrogens with one attached hydrogen (secondary N) is 1. The second kappa shape index (κ2) is 5.69. The van der Waals surface area contributed by atoms with Gasteiger partial charge in [0.2, 0.25) is 0 Å². The lowest BCUT2D eigenvalue weighted by molar-refractivity contribution is 1.15. The van der Waals surface area contributed by atoms with E-state index in [-0.39, 0.29) is 0 Å². The van der Waals surface area contributed by atoms with E-state index in [2.05, 4.69) is 46.1 Å². The molecule has 84 valence electrons. The first kappa shape index (κ1) is 11.9. The molecule has 2 rings (SSSR count). The van der Waals surface area contributed by atoms with Crippen molar-refractivity contribution < 1.29 is 0 Å². The van der Waals surface area contributed by atoms with E-state index in [4.69, 9.17) is 5.26 Å². The zero-order valence-corrected chi connectivity index (χ0v) is 11.3. The van der Waals surface area contributed by atoms with Crippen molar-refractivity contribution in [1.29, 1.82) is 5.26 Å². The number of halogens is 1. The van der Waals surface area contributed by atoms with Crippen molar-refractivity contribution in [1.82, 2.24) is 0 Å². The molecule has 0 fully saturated rings. The predicted molar refractivity (Wildman–Crippen MR) is 77.6 cm³/mol. The Morgan fingerprint density at radius 1 is 1.12 bits per heavy atom. The largest absolute Gasteiger partial charge is 0.381 e. The lowest BCUT2D eigenvalue weighted by Gasteiger charge is -2.07. The van der Waals surface area contributed by atoms with Crippen molar-refractivity contribution in [2.24, 2.45) is 0 Å². The Bertz CT molecular complexity index is 558. The van der Waals surface area contributed by atoms with Gasteiger partial charge in [-0.25, -0.2) is 0 Å². The Labute approximate surface area is 114 Å². The Balaban J connectivity index is 2.05. The van der Waals surface area contributed by atoms with E-state index in [9.17, 15) is 0 Å². The Morgan fingerprint density at radius 2 is 1.94 bits per heavy atom. The molecule has 0 radical (unpaired) electrons. The van der Waals surface area contributed by atoms with Gasteiger partial charge in [-0.15, -0.1) is 0 Å². The molecular weight excluding hydrogens is 323 g/mol. The van der Waals surface area contributed by atoms with Gasteiger partial charge in [0.25, 0.3) is 0 Å². The van der Waals surface area contributed by atoms with Crippen LogP contribution in [0.15, 0.2) is 48.5 Å². The lowest BCUT2D eigenvalue weighted by Crippen LogP contribution is -1.99. The van der Waals surface area contributed by atoms with Crippen molar-refractivity contribution in [3.8, 4) is 6.07 Å². The maximum absolute atomic E-state index is 8.81. The third-order valence-corrected chi connectivity index (χ3v) is 3.05. The summed E-state index contributed by atoms with van der Waals surface area (Å²) in [6.45, 7) is 0.732. The van der Waals surface area contributed by atoms with Crippen LogP contribution in [-0.2, 0) is 6.54 Å². The Morgan fingerprint density at radius 3 is 2.71 bits per heavy atom. The summed E-state index contributed by atoms with van der Waals surface area (Å²) in [4.78, 5) is 0. The van der Waals surface area contributed by atoms with Crippen LogP contribution in [-0.4, -0.2) is 0 Å². The second-order valence-corrected chi connectivity index (χ2v) is 4.92. The fourth-order valence-electron chi connectivity index (χ4n) is 1.55. The molecule has 0 heterocycles. The van der Waals surface area contributed by atoms with Gasteiger partial charge < -0.3 is 5.32 Å². The van der Waals surface area contributed by atoms with E-state index in [0.29, 0.717) is 5.56 Å². The highest BCUT2D eigenvalue weighted by Crippen LogP contribution is 2.14. The maximum Gasteiger partial charge on any atom is 0.0991 e. The number of rotatable bonds is 3. The van der Waals surface area contributed by atoms with E-state index in [1.54, 1.807) is 0 Å². The summed E-state index contributed by atoms with van der Waals surface area (Å²) in [5.41, 5.74) is 2.91. The van der Waals surface area contributed by atoms with Crippen LogP contribution in [0.25, 0.3) is 0 Å². The molecule has 2 aromatic carbocycles. The zero-order chi connectivity index (χ0) is 12.1. The van der Waals surface area contributed by atoms with Gasteiger partial charge in [-0.2, -0.15) is 5.26 Å². The molecule has 0 bridgehead atoms. The summed E-state index contributed by atoms with van der Waals surface area (Å²) in [7, 11) is 0. The molecule has 0 saturated heterocycles. The average molecular weight is 334 g/mol. The summed E-state index contributed by atoms with van der Waals surface area (Å²) >= 11 is 2.29. The standard InChI is InChI=1S/C14H11IN2/c15-13-5-2-6-14(8-13)17-10-12-4-1-3-11(7-12)9-16/h1-8,17H,10H2. The van der Waals surface area contributed by atoms with Gasteiger partial charge in [-0.1, -0.05) is 18.2 Å². The predicted octanol–water partition coefficient (Wildman–Crippen LogP) is 3.77. The number of hydrogen-bond acceptors (Lipinski definition) is 2. The van der Waals surface area contributed by atoms with Crippen LogP contribution < -0.4 is 5.32 Å². The zero-order valence-electron chi connectivity index (χ0n) is 9.15. The molecular formula is C14H11IN2. The summed E-state index contributed by atoms with van der Waals surface area (Å²) in [6.07, 6.45) is 0. The fraction of sp³-hybridized carbons (Fsp3) is 0.0714.